The second kappa shape index (κ2) is 12.8. The van der Waals surface area contributed by atoms with Crippen molar-refractivity contribution >= 4 is 39.2 Å². The molecule has 0 aliphatic carbocycles. The maximum atomic E-state index is 9.18. The van der Waals surface area contributed by atoms with Gasteiger partial charge < -0.3 is 15.1 Å². The molecule has 2 aromatic carbocycles. The van der Waals surface area contributed by atoms with Gasteiger partial charge in [-0.1, -0.05) is 49.7 Å². The van der Waals surface area contributed by atoms with Gasteiger partial charge in [0.15, 0.2) is 0 Å². The number of halogens is 1. The van der Waals surface area contributed by atoms with Crippen molar-refractivity contribution in [2.24, 2.45) is 0 Å². The highest BCUT2D eigenvalue weighted by Gasteiger charge is 2.15. The molecule has 2 N–H and O–H groups in total. The number of carbonyl (C=O) groups is 1. The third-order valence-corrected chi connectivity index (χ3v) is 6.30. The zero-order valence-electron chi connectivity index (χ0n) is 18.3. The number of fused-ring (bicyclic) bond motifs is 1. The average molecular weight is 463 g/mol. The SMILES string of the molecule is CC(=O)O.CCC(CCN(CC)CCO)c1ccc2c(-c3ccc(Cl)cc3)nsc2c1. The molecule has 0 amide bonds. The molecule has 0 bridgehead atoms. The van der Waals surface area contributed by atoms with Crippen LogP contribution in [0.1, 0.15) is 45.1 Å². The summed E-state index contributed by atoms with van der Waals surface area (Å²) >= 11 is 7.58. The average Bonchev–Trinajstić information content (AvgIpc) is 3.17. The van der Waals surface area contributed by atoms with Gasteiger partial charge in [-0.2, -0.15) is 4.37 Å². The predicted molar refractivity (Wildman–Crippen MR) is 130 cm³/mol. The van der Waals surface area contributed by atoms with Crippen molar-refractivity contribution in [2.45, 2.75) is 39.5 Å². The second-order valence-corrected chi connectivity index (χ2v) is 8.61. The number of aliphatic hydroxyl groups excluding tert-OH is 1. The lowest BCUT2D eigenvalue weighted by molar-refractivity contribution is -0.134. The monoisotopic (exact) mass is 462 g/mol. The third kappa shape index (κ3) is 7.58. The van der Waals surface area contributed by atoms with E-state index in [2.05, 4.69) is 36.9 Å². The van der Waals surface area contributed by atoms with Crippen molar-refractivity contribution in [1.29, 1.82) is 0 Å². The van der Waals surface area contributed by atoms with Crippen LogP contribution in [0.25, 0.3) is 21.3 Å². The van der Waals surface area contributed by atoms with E-state index in [0.717, 1.165) is 55.7 Å². The molecule has 1 heterocycles. The molecule has 1 atom stereocenters. The van der Waals surface area contributed by atoms with E-state index in [4.69, 9.17) is 25.9 Å². The summed E-state index contributed by atoms with van der Waals surface area (Å²) in [6.45, 7) is 8.47. The van der Waals surface area contributed by atoms with Crippen molar-refractivity contribution in [3.8, 4) is 11.3 Å². The minimum Gasteiger partial charge on any atom is -0.481 e. The van der Waals surface area contributed by atoms with E-state index < -0.39 is 5.97 Å². The first-order valence-electron chi connectivity index (χ1n) is 10.6. The molecule has 0 radical (unpaired) electrons. The number of rotatable bonds is 9. The van der Waals surface area contributed by atoms with Crippen LogP contribution in [0, 0.1) is 0 Å². The van der Waals surface area contributed by atoms with Gasteiger partial charge >= 0.3 is 0 Å². The summed E-state index contributed by atoms with van der Waals surface area (Å²) < 4.78 is 5.93. The van der Waals surface area contributed by atoms with E-state index in [1.807, 2.05) is 24.3 Å². The normalized spacial score (nSPS) is 11.9. The van der Waals surface area contributed by atoms with E-state index in [9.17, 15) is 5.11 Å². The number of hydrogen-bond acceptors (Lipinski definition) is 5. The summed E-state index contributed by atoms with van der Waals surface area (Å²) in [5.41, 5.74) is 3.52. The number of aromatic nitrogens is 1. The van der Waals surface area contributed by atoms with Gasteiger partial charge in [0.25, 0.3) is 5.97 Å². The van der Waals surface area contributed by atoms with E-state index in [0.29, 0.717) is 5.92 Å². The summed E-state index contributed by atoms with van der Waals surface area (Å²) in [6.07, 6.45) is 2.23. The molecule has 0 aliphatic rings. The number of aliphatic carboxylic acids is 1. The van der Waals surface area contributed by atoms with Crippen molar-refractivity contribution in [2.75, 3.05) is 26.2 Å². The van der Waals surface area contributed by atoms with E-state index in [1.165, 1.54) is 15.6 Å². The quantitative estimate of drug-likeness (QED) is 0.413. The lowest BCUT2D eigenvalue weighted by atomic mass is 9.92. The van der Waals surface area contributed by atoms with Crippen molar-refractivity contribution in [1.82, 2.24) is 9.27 Å². The molecule has 7 heteroatoms. The molecular weight excluding hydrogens is 432 g/mol. The van der Waals surface area contributed by atoms with Crippen LogP contribution in [0.5, 0.6) is 0 Å². The van der Waals surface area contributed by atoms with Crippen LogP contribution >= 0.6 is 23.1 Å². The molecule has 0 fully saturated rings. The van der Waals surface area contributed by atoms with Crippen LogP contribution in [-0.4, -0.2) is 51.7 Å². The first-order valence-corrected chi connectivity index (χ1v) is 11.7. The Morgan fingerprint density at radius 1 is 1.16 bits per heavy atom. The number of carboxylic acid groups (broad SMARTS) is 1. The molecule has 5 nitrogen and oxygen atoms in total. The fourth-order valence-corrected chi connectivity index (χ4v) is 4.51. The molecule has 31 heavy (non-hydrogen) atoms. The number of carboxylic acids is 1. The standard InChI is InChI=1S/C22H27ClN2OS.C2H4O2/c1-3-16(11-12-25(4-2)13-14-26)18-7-10-20-21(15-18)27-24-22(20)17-5-8-19(23)9-6-17;1-2(3)4/h5-10,15-16,26H,3-4,11-14H2,1-2H3;1H3,(H,3,4). The summed E-state index contributed by atoms with van der Waals surface area (Å²) in [7, 11) is 0. The fourth-order valence-electron chi connectivity index (χ4n) is 3.54. The third-order valence-electron chi connectivity index (χ3n) is 5.24. The van der Waals surface area contributed by atoms with Gasteiger partial charge in [0.1, 0.15) is 0 Å². The molecule has 0 aliphatic heterocycles. The summed E-state index contributed by atoms with van der Waals surface area (Å²) in [4.78, 5) is 11.3. The van der Waals surface area contributed by atoms with Crippen molar-refractivity contribution < 1.29 is 15.0 Å². The Morgan fingerprint density at radius 3 is 2.42 bits per heavy atom. The Balaban J connectivity index is 0.000000785. The number of hydrogen-bond donors (Lipinski definition) is 2. The minimum atomic E-state index is -0.833. The minimum absolute atomic E-state index is 0.227. The molecule has 168 valence electrons. The highest BCUT2D eigenvalue weighted by molar-refractivity contribution is 7.13. The van der Waals surface area contributed by atoms with Crippen LogP contribution < -0.4 is 0 Å². The lowest BCUT2D eigenvalue weighted by Gasteiger charge is -2.23. The number of nitrogens with zero attached hydrogens (tertiary/aromatic N) is 2. The van der Waals surface area contributed by atoms with Gasteiger partial charge in [0, 0.05) is 29.4 Å². The Labute approximate surface area is 193 Å². The summed E-state index contributed by atoms with van der Waals surface area (Å²) in [6, 6.07) is 14.7. The predicted octanol–water partition coefficient (Wildman–Crippen LogP) is 5.91. The molecule has 1 aromatic heterocycles. The first kappa shape index (κ1) is 25.3. The fraction of sp³-hybridized carbons (Fsp3) is 0.417. The zero-order chi connectivity index (χ0) is 22.8. The molecule has 3 rings (SSSR count). The van der Waals surface area contributed by atoms with Gasteiger partial charge in [-0.15, -0.1) is 0 Å². The maximum absolute atomic E-state index is 9.18. The molecule has 0 saturated heterocycles. The number of likely N-dealkylation sites (N-methyl/N-ethyl adjacent to an activating group) is 1. The topological polar surface area (TPSA) is 73.7 Å². The highest BCUT2D eigenvalue weighted by atomic mass is 35.5. The number of benzene rings is 2. The van der Waals surface area contributed by atoms with Gasteiger partial charge in [-0.05, 0) is 67.1 Å². The lowest BCUT2D eigenvalue weighted by Crippen LogP contribution is -2.28. The Hall–Kier alpha value is -1.99. The first-order chi connectivity index (χ1) is 14.9. The van der Waals surface area contributed by atoms with Gasteiger partial charge in [0.05, 0.1) is 17.0 Å². The largest absolute Gasteiger partial charge is 0.481 e. The van der Waals surface area contributed by atoms with Crippen LogP contribution in [-0.2, 0) is 4.79 Å². The molecular formula is C24H31ClN2O3S. The van der Waals surface area contributed by atoms with Gasteiger partial charge in [0.2, 0.25) is 0 Å². The second-order valence-electron chi connectivity index (χ2n) is 7.36. The molecule has 0 spiro atoms. The van der Waals surface area contributed by atoms with Crippen LogP contribution in [0.4, 0.5) is 0 Å². The molecule has 0 saturated carbocycles. The molecule has 3 aromatic rings. The Kier molecular flexibility index (Phi) is 10.4. The van der Waals surface area contributed by atoms with E-state index in [1.54, 1.807) is 11.5 Å². The smallest absolute Gasteiger partial charge is 0.300 e. The Bertz CT molecular complexity index is 955. The van der Waals surface area contributed by atoms with Gasteiger partial charge in [-0.25, -0.2) is 0 Å². The highest BCUT2D eigenvalue weighted by Crippen LogP contribution is 2.34. The Morgan fingerprint density at radius 2 is 1.84 bits per heavy atom. The van der Waals surface area contributed by atoms with Crippen molar-refractivity contribution in [3.05, 3.63) is 53.1 Å². The van der Waals surface area contributed by atoms with E-state index in [-0.39, 0.29) is 6.61 Å². The molecule has 1 unspecified atom stereocenters. The van der Waals surface area contributed by atoms with Gasteiger partial charge in [-0.3, -0.25) is 4.79 Å². The summed E-state index contributed by atoms with van der Waals surface area (Å²) in [5.74, 6) is -0.303. The van der Waals surface area contributed by atoms with Crippen LogP contribution in [0.15, 0.2) is 42.5 Å². The maximum Gasteiger partial charge on any atom is 0.300 e. The zero-order valence-corrected chi connectivity index (χ0v) is 19.9. The van der Waals surface area contributed by atoms with Crippen molar-refractivity contribution in [3.63, 3.8) is 0 Å². The van der Waals surface area contributed by atoms with E-state index >= 15 is 0 Å². The summed E-state index contributed by atoms with van der Waals surface area (Å²) in [5, 5.41) is 18.5. The van der Waals surface area contributed by atoms with Crippen LogP contribution in [0.3, 0.4) is 0 Å². The number of aliphatic hydroxyl groups is 1. The van der Waals surface area contributed by atoms with Crippen LogP contribution in [0.2, 0.25) is 5.02 Å².